The van der Waals surface area contributed by atoms with E-state index in [0.717, 1.165) is 18.2 Å². The molecule has 0 spiro atoms. The molecule has 0 saturated carbocycles. The van der Waals surface area contributed by atoms with Crippen LogP contribution in [0.3, 0.4) is 0 Å². The lowest BCUT2D eigenvalue weighted by Gasteiger charge is -2.11. The summed E-state index contributed by atoms with van der Waals surface area (Å²) >= 11 is 0. The minimum atomic E-state index is -0.810. The van der Waals surface area contributed by atoms with Crippen molar-refractivity contribution in [2.24, 2.45) is 0 Å². The van der Waals surface area contributed by atoms with Gasteiger partial charge in [-0.15, -0.1) is 0 Å². The Morgan fingerprint density at radius 1 is 1.06 bits per heavy atom. The van der Waals surface area contributed by atoms with Crippen molar-refractivity contribution in [2.45, 2.75) is 0 Å². The average molecular weight is 462 g/mol. The zero-order valence-corrected chi connectivity index (χ0v) is 18.2. The van der Waals surface area contributed by atoms with Crippen molar-refractivity contribution in [3.8, 4) is 28.4 Å². The number of carbonyl (C=O) groups excluding carboxylic acids is 1. The third-order valence-corrected chi connectivity index (χ3v) is 5.05. The van der Waals surface area contributed by atoms with Gasteiger partial charge in [0.2, 0.25) is 0 Å². The van der Waals surface area contributed by atoms with Gasteiger partial charge in [-0.25, -0.2) is 9.07 Å². The highest BCUT2D eigenvalue weighted by Gasteiger charge is 2.23. The molecule has 9 nitrogen and oxygen atoms in total. The zero-order valence-electron chi connectivity index (χ0n) is 18.2. The van der Waals surface area contributed by atoms with Crippen molar-refractivity contribution in [1.82, 2.24) is 9.78 Å². The second kappa shape index (κ2) is 9.41. The van der Waals surface area contributed by atoms with Gasteiger partial charge in [-0.05, 0) is 36.4 Å². The molecule has 1 aromatic heterocycles. The lowest BCUT2D eigenvalue weighted by Crippen LogP contribution is -2.14. The molecule has 0 aliphatic carbocycles. The average Bonchev–Trinajstić information content (AvgIpc) is 3.31. The molecule has 0 aliphatic heterocycles. The second-order valence-corrected chi connectivity index (χ2v) is 7.11. The van der Waals surface area contributed by atoms with E-state index >= 15 is 0 Å². The maximum Gasteiger partial charge on any atom is 0.271 e. The first kappa shape index (κ1) is 22.5. The van der Waals surface area contributed by atoms with Crippen LogP contribution in [0, 0.1) is 15.9 Å². The summed E-state index contributed by atoms with van der Waals surface area (Å²) in [6.07, 6.45) is 1.49. The Hall–Kier alpha value is -4.73. The van der Waals surface area contributed by atoms with E-state index in [1.54, 1.807) is 18.2 Å². The van der Waals surface area contributed by atoms with Crippen molar-refractivity contribution in [1.29, 1.82) is 0 Å². The third kappa shape index (κ3) is 4.42. The Bertz CT molecular complexity index is 1370. The van der Waals surface area contributed by atoms with E-state index in [-0.39, 0.29) is 22.6 Å². The molecule has 0 atom stereocenters. The Morgan fingerprint density at radius 2 is 1.82 bits per heavy atom. The number of benzene rings is 3. The molecule has 0 fully saturated rings. The highest BCUT2D eigenvalue weighted by molar-refractivity contribution is 6.08. The predicted octanol–water partition coefficient (Wildman–Crippen LogP) is 4.86. The fourth-order valence-electron chi connectivity index (χ4n) is 3.36. The number of aromatic nitrogens is 2. The van der Waals surface area contributed by atoms with Crippen LogP contribution in [0.5, 0.6) is 11.5 Å². The summed E-state index contributed by atoms with van der Waals surface area (Å²) in [4.78, 5) is 23.7. The quantitative estimate of drug-likeness (QED) is 0.311. The molecule has 4 aromatic rings. The van der Waals surface area contributed by atoms with Crippen LogP contribution in [-0.4, -0.2) is 34.8 Å². The number of halogens is 1. The van der Waals surface area contributed by atoms with Gasteiger partial charge in [0.15, 0.2) is 0 Å². The normalized spacial score (nSPS) is 10.6. The molecule has 0 radical (unpaired) electrons. The van der Waals surface area contributed by atoms with Gasteiger partial charge >= 0.3 is 0 Å². The first-order valence-corrected chi connectivity index (χ1v) is 10.0. The molecular weight excluding hydrogens is 443 g/mol. The van der Waals surface area contributed by atoms with E-state index in [1.165, 1.54) is 25.1 Å². The largest absolute Gasteiger partial charge is 0.497 e. The molecule has 1 N–H and O–H groups in total. The van der Waals surface area contributed by atoms with Crippen molar-refractivity contribution >= 4 is 17.3 Å². The summed E-state index contributed by atoms with van der Waals surface area (Å²) in [6, 6.07) is 17.1. The van der Waals surface area contributed by atoms with Crippen LogP contribution in [0.2, 0.25) is 0 Å². The van der Waals surface area contributed by atoms with E-state index in [4.69, 9.17) is 9.47 Å². The van der Waals surface area contributed by atoms with E-state index in [9.17, 15) is 19.3 Å². The van der Waals surface area contributed by atoms with Crippen LogP contribution >= 0.6 is 0 Å². The summed E-state index contributed by atoms with van der Waals surface area (Å²) < 4.78 is 26.6. The van der Waals surface area contributed by atoms with Crippen LogP contribution in [0.4, 0.5) is 15.8 Å². The fourth-order valence-corrected chi connectivity index (χ4v) is 3.36. The minimum absolute atomic E-state index is 0.0984. The first-order valence-electron chi connectivity index (χ1n) is 10.0. The molecule has 1 amide bonds. The standard InChI is InChI=1S/C24H19FN4O5/c1-33-17-9-11-22(34-2)18(13-17)23-19(14-28(27-23)15-6-4-3-5-7-15)24(30)26-21-12-16(29(31)32)8-10-20(21)25/h3-14H,1-2H3,(H,26,30). The van der Waals surface area contributed by atoms with Crippen molar-refractivity contribution < 1.29 is 23.6 Å². The van der Waals surface area contributed by atoms with Crippen LogP contribution in [-0.2, 0) is 0 Å². The Balaban J connectivity index is 1.84. The van der Waals surface area contributed by atoms with Crippen LogP contribution in [0.25, 0.3) is 16.9 Å². The van der Waals surface area contributed by atoms with E-state index in [1.807, 2.05) is 30.3 Å². The van der Waals surface area contributed by atoms with Crippen LogP contribution in [0.15, 0.2) is 72.9 Å². The van der Waals surface area contributed by atoms with Gasteiger partial charge in [0.1, 0.15) is 23.0 Å². The highest BCUT2D eigenvalue weighted by Crippen LogP contribution is 2.35. The lowest BCUT2D eigenvalue weighted by molar-refractivity contribution is -0.384. The van der Waals surface area contributed by atoms with Crippen molar-refractivity contribution in [3.05, 3.63) is 94.4 Å². The number of methoxy groups -OCH3 is 2. The number of nitro benzene ring substituents is 1. The lowest BCUT2D eigenvalue weighted by atomic mass is 10.1. The second-order valence-electron chi connectivity index (χ2n) is 7.11. The summed E-state index contributed by atoms with van der Waals surface area (Å²) in [6.45, 7) is 0. The van der Waals surface area contributed by atoms with Crippen LogP contribution < -0.4 is 14.8 Å². The van der Waals surface area contributed by atoms with Gasteiger partial charge in [0.25, 0.3) is 11.6 Å². The number of hydrogen-bond acceptors (Lipinski definition) is 6. The molecule has 172 valence electrons. The number of rotatable bonds is 7. The SMILES string of the molecule is COc1ccc(OC)c(-c2nn(-c3ccccc3)cc2C(=O)Nc2cc([N+](=O)[O-])ccc2F)c1. The predicted molar refractivity (Wildman–Crippen MR) is 123 cm³/mol. The molecule has 0 unspecified atom stereocenters. The molecule has 3 aromatic carbocycles. The van der Waals surface area contributed by atoms with Crippen molar-refractivity contribution in [3.63, 3.8) is 0 Å². The maximum absolute atomic E-state index is 14.3. The summed E-state index contributed by atoms with van der Waals surface area (Å²) in [7, 11) is 2.99. The summed E-state index contributed by atoms with van der Waals surface area (Å²) in [5, 5.41) is 18.1. The number of non-ortho nitro benzene ring substituents is 1. The smallest absolute Gasteiger partial charge is 0.271 e. The van der Waals surface area contributed by atoms with Crippen LogP contribution in [0.1, 0.15) is 10.4 Å². The number of nitrogens with zero attached hydrogens (tertiary/aromatic N) is 3. The minimum Gasteiger partial charge on any atom is -0.497 e. The van der Waals surface area contributed by atoms with Gasteiger partial charge in [-0.2, -0.15) is 5.10 Å². The molecule has 10 heteroatoms. The van der Waals surface area contributed by atoms with Gasteiger partial charge in [0.05, 0.1) is 36.1 Å². The number of nitro groups is 1. The number of ether oxygens (including phenoxy) is 2. The number of anilines is 1. The highest BCUT2D eigenvalue weighted by atomic mass is 19.1. The van der Waals surface area contributed by atoms with E-state index < -0.39 is 16.6 Å². The van der Waals surface area contributed by atoms with Gasteiger partial charge < -0.3 is 14.8 Å². The van der Waals surface area contributed by atoms with Crippen molar-refractivity contribution in [2.75, 3.05) is 19.5 Å². The van der Waals surface area contributed by atoms with Gasteiger partial charge in [0, 0.05) is 23.9 Å². The zero-order chi connectivity index (χ0) is 24.2. The monoisotopic (exact) mass is 462 g/mol. The topological polar surface area (TPSA) is 109 Å². The fraction of sp³-hybridized carbons (Fsp3) is 0.0833. The molecule has 0 aliphatic rings. The number of hydrogen-bond donors (Lipinski definition) is 1. The third-order valence-electron chi connectivity index (χ3n) is 5.05. The summed E-state index contributed by atoms with van der Waals surface area (Å²) in [5.74, 6) is -0.563. The number of carbonyl (C=O) groups is 1. The van der Waals surface area contributed by atoms with Gasteiger partial charge in [-0.3, -0.25) is 14.9 Å². The van der Waals surface area contributed by atoms with E-state index in [0.29, 0.717) is 22.7 Å². The molecule has 4 rings (SSSR count). The number of para-hydroxylation sites is 1. The first-order chi connectivity index (χ1) is 16.4. The molecule has 0 bridgehead atoms. The van der Waals surface area contributed by atoms with E-state index in [2.05, 4.69) is 10.4 Å². The molecule has 1 heterocycles. The maximum atomic E-state index is 14.3. The Kier molecular flexibility index (Phi) is 6.22. The Morgan fingerprint density at radius 3 is 2.50 bits per heavy atom. The Labute approximate surface area is 193 Å². The number of nitrogens with one attached hydrogen (secondary N) is 1. The molecule has 0 saturated heterocycles. The number of amides is 1. The summed E-state index contributed by atoms with van der Waals surface area (Å²) in [5.41, 5.74) is 0.832. The van der Waals surface area contributed by atoms with Gasteiger partial charge in [-0.1, -0.05) is 18.2 Å². The molecule has 34 heavy (non-hydrogen) atoms. The molecular formula is C24H19FN4O5.